The van der Waals surface area contributed by atoms with Crippen LogP contribution in [0.15, 0.2) is 39.8 Å². The maximum absolute atomic E-state index is 14.6. The molecule has 0 aliphatic rings. The van der Waals surface area contributed by atoms with Crippen LogP contribution in [0, 0.1) is 18.6 Å². The molecule has 27 heavy (non-hydrogen) atoms. The van der Waals surface area contributed by atoms with Gasteiger partial charge in [0.15, 0.2) is 0 Å². The summed E-state index contributed by atoms with van der Waals surface area (Å²) in [5.74, 6) is -1.61. The van der Waals surface area contributed by atoms with Crippen LogP contribution in [0.4, 0.5) is 8.78 Å². The van der Waals surface area contributed by atoms with Crippen molar-refractivity contribution >= 4 is 21.6 Å². The van der Waals surface area contributed by atoms with Gasteiger partial charge in [-0.25, -0.2) is 22.3 Å². The van der Waals surface area contributed by atoms with Crippen molar-refractivity contribution in [1.82, 2.24) is 5.16 Å². The summed E-state index contributed by atoms with van der Waals surface area (Å²) < 4.78 is 61.9. The second-order valence-electron chi connectivity index (χ2n) is 5.62. The Morgan fingerprint density at radius 2 is 1.89 bits per heavy atom. The fourth-order valence-electron chi connectivity index (χ4n) is 2.63. The van der Waals surface area contributed by atoms with Gasteiger partial charge < -0.3 is 9.26 Å². The molecule has 0 atom stereocenters. The number of ether oxygens (including phenoxy) is 1. The molecule has 3 aromatic rings. The van der Waals surface area contributed by atoms with Crippen LogP contribution in [0.3, 0.4) is 0 Å². The van der Waals surface area contributed by atoms with Gasteiger partial charge in [-0.05, 0) is 31.2 Å². The normalized spacial score (nSPS) is 11.6. The minimum atomic E-state index is -4.41. The molecule has 2 aromatic carbocycles. The molecule has 0 unspecified atom stereocenters. The zero-order chi connectivity index (χ0) is 19.9. The zero-order valence-electron chi connectivity index (χ0n) is 14.1. The van der Waals surface area contributed by atoms with Crippen molar-refractivity contribution in [3.8, 4) is 28.1 Å². The summed E-state index contributed by atoms with van der Waals surface area (Å²) in [6, 6.07) is 6.00. The summed E-state index contributed by atoms with van der Waals surface area (Å²) in [5, 5.41) is 9.16. The molecule has 1 heterocycles. The topological polar surface area (TPSA) is 95.4 Å². The number of aromatic nitrogens is 1. The van der Waals surface area contributed by atoms with E-state index in [0.29, 0.717) is 22.4 Å². The lowest BCUT2D eigenvalue weighted by atomic mass is 9.98. The Hall–Kier alpha value is -2.49. The number of methoxy groups -OCH3 is 1. The molecule has 10 heteroatoms. The Balaban J connectivity index is 2.23. The van der Waals surface area contributed by atoms with Crippen LogP contribution in [0.25, 0.3) is 22.4 Å². The number of primary sulfonamides is 1. The lowest BCUT2D eigenvalue weighted by molar-refractivity contribution is 0.400. The Morgan fingerprint density at radius 3 is 2.52 bits per heavy atom. The summed E-state index contributed by atoms with van der Waals surface area (Å²) in [6.45, 7) is 1.52. The van der Waals surface area contributed by atoms with Crippen molar-refractivity contribution < 1.29 is 26.5 Å². The largest absolute Gasteiger partial charge is 0.495 e. The predicted octanol–water partition coefficient (Wildman–Crippen LogP) is 3.90. The van der Waals surface area contributed by atoms with Gasteiger partial charge >= 0.3 is 0 Å². The number of halogens is 3. The minimum Gasteiger partial charge on any atom is -0.495 e. The Labute approximate surface area is 158 Å². The third kappa shape index (κ3) is 3.53. The van der Waals surface area contributed by atoms with Crippen LogP contribution in [0.1, 0.15) is 5.76 Å². The summed E-state index contributed by atoms with van der Waals surface area (Å²) in [7, 11) is -2.98. The van der Waals surface area contributed by atoms with E-state index in [-0.39, 0.29) is 22.6 Å². The van der Waals surface area contributed by atoms with E-state index in [9.17, 15) is 17.2 Å². The van der Waals surface area contributed by atoms with Crippen molar-refractivity contribution in [2.24, 2.45) is 5.14 Å². The molecule has 0 spiro atoms. The van der Waals surface area contributed by atoms with Crippen molar-refractivity contribution in [3.05, 3.63) is 52.7 Å². The van der Waals surface area contributed by atoms with E-state index >= 15 is 0 Å². The van der Waals surface area contributed by atoms with Crippen LogP contribution in [0.5, 0.6) is 5.75 Å². The van der Waals surface area contributed by atoms with Crippen LogP contribution >= 0.6 is 11.6 Å². The van der Waals surface area contributed by atoms with Crippen molar-refractivity contribution in [2.45, 2.75) is 11.8 Å². The van der Waals surface area contributed by atoms with Gasteiger partial charge in [0.25, 0.3) is 0 Å². The third-order valence-electron chi connectivity index (χ3n) is 3.88. The highest BCUT2D eigenvalue weighted by Gasteiger charge is 2.24. The van der Waals surface area contributed by atoms with Gasteiger partial charge in [-0.2, -0.15) is 0 Å². The Kier molecular flexibility index (Phi) is 4.94. The predicted molar refractivity (Wildman–Crippen MR) is 95.0 cm³/mol. The summed E-state index contributed by atoms with van der Waals surface area (Å²) in [5.41, 5.74) is 0.641. The molecule has 142 valence electrons. The highest BCUT2D eigenvalue weighted by molar-refractivity contribution is 7.89. The van der Waals surface area contributed by atoms with Crippen molar-refractivity contribution in [3.63, 3.8) is 0 Å². The Morgan fingerprint density at radius 1 is 1.19 bits per heavy atom. The van der Waals surface area contributed by atoms with E-state index in [0.717, 1.165) is 6.07 Å². The molecule has 3 rings (SSSR count). The fraction of sp³-hybridized carbons (Fsp3) is 0.118. The van der Waals surface area contributed by atoms with Gasteiger partial charge in [0, 0.05) is 11.1 Å². The lowest BCUT2D eigenvalue weighted by Crippen LogP contribution is -2.14. The smallest absolute Gasteiger partial charge is 0.241 e. The standard InChI is InChI=1S/C17H13ClF2N2O4S/c1-8-16(10-6-13(20)15(7-12(10)19)27(21,23)24)17(22-26-8)9-3-4-11(18)14(5-9)25-2/h3-7H,1-2H3,(H2,21,23,24). The first-order chi connectivity index (χ1) is 12.6. The summed E-state index contributed by atoms with van der Waals surface area (Å²) >= 11 is 6.00. The first-order valence-corrected chi connectivity index (χ1v) is 9.38. The molecule has 0 fully saturated rings. The molecule has 0 saturated carbocycles. The van der Waals surface area contributed by atoms with Gasteiger partial charge in [0.2, 0.25) is 10.0 Å². The van der Waals surface area contributed by atoms with Crippen molar-refractivity contribution in [2.75, 3.05) is 7.11 Å². The van der Waals surface area contributed by atoms with E-state index in [2.05, 4.69) is 5.16 Å². The summed E-state index contributed by atoms with van der Waals surface area (Å²) in [4.78, 5) is -0.937. The zero-order valence-corrected chi connectivity index (χ0v) is 15.7. The second kappa shape index (κ2) is 6.91. The average Bonchev–Trinajstić information content (AvgIpc) is 2.97. The number of benzene rings is 2. The van der Waals surface area contributed by atoms with E-state index in [4.69, 9.17) is 26.0 Å². The molecule has 0 radical (unpaired) electrons. The molecule has 0 amide bonds. The molecular formula is C17H13ClF2N2O4S. The molecule has 0 bridgehead atoms. The summed E-state index contributed by atoms with van der Waals surface area (Å²) in [6.07, 6.45) is 0. The number of rotatable bonds is 4. The van der Waals surface area contributed by atoms with E-state index < -0.39 is 26.6 Å². The molecule has 0 saturated heterocycles. The first-order valence-electron chi connectivity index (χ1n) is 7.46. The lowest BCUT2D eigenvalue weighted by Gasteiger charge is -2.09. The van der Waals surface area contributed by atoms with Crippen molar-refractivity contribution in [1.29, 1.82) is 0 Å². The molecule has 2 N–H and O–H groups in total. The number of hydrogen-bond acceptors (Lipinski definition) is 5. The first kappa shape index (κ1) is 19.3. The molecule has 0 aliphatic carbocycles. The highest BCUT2D eigenvalue weighted by Crippen LogP contribution is 2.39. The molecule has 6 nitrogen and oxygen atoms in total. The van der Waals surface area contributed by atoms with Crippen LogP contribution in [0.2, 0.25) is 5.02 Å². The molecular weight excluding hydrogens is 402 g/mol. The SMILES string of the molecule is COc1cc(-c2noc(C)c2-c2cc(F)c(S(N)(=O)=O)cc2F)ccc1Cl. The minimum absolute atomic E-state index is 0.164. The average molecular weight is 415 g/mol. The van der Waals surface area contributed by atoms with Crippen LogP contribution in [-0.4, -0.2) is 20.7 Å². The second-order valence-corrected chi connectivity index (χ2v) is 7.56. The number of hydrogen-bond donors (Lipinski definition) is 1. The van der Waals surface area contributed by atoms with E-state index in [1.54, 1.807) is 18.2 Å². The molecule has 0 aliphatic heterocycles. The monoisotopic (exact) mass is 414 g/mol. The van der Waals surface area contributed by atoms with Gasteiger partial charge in [0.1, 0.15) is 33.7 Å². The fourth-order valence-corrected chi connectivity index (χ4v) is 3.42. The third-order valence-corrected chi connectivity index (χ3v) is 5.12. The maximum Gasteiger partial charge on any atom is 0.241 e. The number of nitrogens with two attached hydrogens (primary N) is 1. The maximum atomic E-state index is 14.6. The van der Waals surface area contributed by atoms with Crippen LogP contribution < -0.4 is 9.88 Å². The Bertz CT molecular complexity index is 1150. The van der Waals surface area contributed by atoms with Crippen LogP contribution in [-0.2, 0) is 10.0 Å². The van der Waals surface area contributed by atoms with Gasteiger partial charge in [0.05, 0.1) is 17.7 Å². The van der Waals surface area contributed by atoms with E-state index in [1.807, 2.05) is 0 Å². The molecule has 1 aromatic heterocycles. The van der Waals surface area contributed by atoms with E-state index in [1.165, 1.54) is 14.0 Å². The number of aryl methyl sites for hydroxylation is 1. The van der Waals surface area contributed by atoms with Gasteiger partial charge in [-0.1, -0.05) is 22.8 Å². The number of nitrogens with zero attached hydrogens (tertiary/aromatic N) is 1. The van der Waals surface area contributed by atoms with Gasteiger partial charge in [-0.15, -0.1) is 0 Å². The van der Waals surface area contributed by atoms with Gasteiger partial charge in [-0.3, -0.25) is 0 Å². The quantitative estimate of drug-likeness (QED) is 0.698. The number of sulfonamides is 1. The highest BCUT2D eigenvalue weighted by atomic mass is 35.5.